The third-order valence-electron chi connectivity index (χ3n) is 3.42. The molecule has 0 atom stereocenters. The lowest BCUT2D eigenvalue weighted by Gasteiger charge is -2.10. The van der Waals surface area contributed by atoms with Crippen LogP contribution in [0.5, 0.6) is 0 Å². The average molecular weight is 308 g/mol. The normalized spacial score (nSPS) is 12.0. The minimum atomic E-state index is -4.35. The smallest absolute Gasteiger partial charge is 0.396 e. The number of anilines is 1. The zero-order valence-electron chi connectivity index (χ0n) is 11.5. The molecule has 0 fully saturated rings. The van der Waals surface area contributed by atoms with Crippen molar-refractivity contribution in [1.29, 1.82) is 0 Å². The highest BCUT2D eigenvalue weighted by molar-refractivity contribution is 5.85. The van der Waals surface area contributed by atoms with Crippen LogP contribution < -0.4 is 5.73 Å². The minimum Gasteiger partial charge on any atom is -0.396 e. The summed E-state index contributed by atoms with van der Waals surface area (Å²) in [6.45, 7) is 1.75. The van der Waals surface area contributed by atoms with Gasteiger partial charge in [0.2, 0.25) is 5.65 Å². The molecule has 3 rings (SSSR count). The molecule has 3 aromatic rings. The number of hydrogen-bond donors (Lipinski definition) is 1. The van der Waals surface area contributed by atoms with Crippen molar-refractivity contribution in [2.45, 2.75) is 19.5 Å². The van der Waals surface area contributed by atoms with Crippen LogP contribution in [-0.2, 0) is 12.6 Å². The number of fused-ring (bicyclic) bond motifs is 1. The third kappa shape index (κ3) is 2.47. The zero-order valence-corrected chi connectivity index (χ0v) is 11.5. The molecular formula is C14H11F3N4O. The molecule has 2 aromatic heterocycles. The number of aryl methyl sites for hydroxylation is 1. The van der Waals surface area contributed by atoms with Gasteiger partial charge < -0.3 is 5.73 Å². The number of nitrogen functional groups attached to an aromatic ring is 1. The molecule has 0 amide bonds. The van der Waals surface area contributed by atoms with E-state index < -0.39 is 11.7 Å². The summed E-state index contributed by atoms with van der Waals surface area (Å²) in [5.41, 5.74) is 8.42. The van der Waals surface area contributed by atoms with Gasteiger partial charge in [0.05, 0.1) is 11.3 Å². The maximum Gasteiger partial charge on any atom is 0.416 e. The van der Waals surface area contributed by atoms with E-state index in [1.165, 1.54) is 12.1 Å². The van der Waals surface area contributed by atoms with E-state index in [9.17, 15) is 13.2 Å². The second kappa shape index (κ2) is 4.97. The van der Waals surface area contributed by atoms with Crippen LogP contribution in [0, 0.1) is 6.92 Å². The van der Waals surface area contributed by atoms with Crippen LogP contribution in [0.1, 0.15) is 22.4 Å². The molecule has 0 spiro atoms. The second-order valence-corrected chi connectivity index (χ2v) is 4.90. The van der Waals surface area contributed by atoms with E-state index >= 15 is 0 Å². The largest absolute Gasteiger partial charge is 0.416 e. The van der Waals surface area contributed by atoms with E-state index in [1.54, 1.807) is 6.92 Å². The molecule has 0 aliphatic rings. The molecule has 0 aliphatic carbocycles. The summed E-state index contributed by atoms with van der Waals surface area (Å²) in [7, 11) is 0. The third-order valence-corrected chi connectivity index (χ3v) is 3.42. The molecule has 0 saturated heterocycles. The molecule has 0 bridgehead atoms. The topological polar surface area (TPSA) is 77.8 Å². The fraction of sp³-hybridized carbons (Fsp3) is 0.214. The number of pyridine rings is 1. The quantitative estimate of drug-likeness (QED) is 0.787. The van der Waals surface area contributed by atoms with Crippen LogP contribution in [0.2, 0.25) is 0 Å². The molecule has 0 unspecified atom stereocenters. The van der Waals surface area contributed by atoms with Crippen LogP contribution in [0.15, 0.2) is 28.9 Å². The highest BCUT2D eigenvalue weighted by Crippen LogP contribution is 2.30. The van der Waals surface area contributed by atoms with Crippen molar-refractivity contribution in [3.8, 4) is 0 Å². The number of nitrogens with two attached hydrogens (primary N) is 1. The number of benzene rings is 1. The van der Waals surface area contributed by atoms with Gasteiger partial charge in [-0.3, -0.25) is 0 Å². The lowest BCUT2D eigenvalue weighted by atomic mass is 10.0. The molecule has 2 N–H and O–H groups in total. The number of rotatable bonds is 2. The molecule has 0 aliphatic heterocycles. The van der Waals surface area contributed by atoms with Gasteiger partial charge in [0.1, 0.15) is 0 Å². The molecule has 0 radical (unpaired) electrons. The summed E-state index contributed by atoms with van der Waals surface area (Å²) >= 11 is 0. The molecule has 0 saturated carbocycles. The van der Waals surface area contributed by atoms with E-state index in [-0.39, 0.29) is 0 Å². The van der Waals surface area contributed by atoms with Crippen LogP contribution in [0.3, 0.4) is 0 Å². The monoisotopic (exact) mass is 308 g/mol. The van der Waals surface area contributed by atoms with Gasteiger partial charge in [-0.25, -0.2) is 9.61 Å². The number of nitrogens with zero attached hydrogens (tertiary/aromatic N) is 3. The molecule has 1 aromatic carbocycles. The minimum absolute atomic E-state index is 0.311. The Morgan fingerprint density at radius 2 is 1.82 bits per heavy atom. The van der Waals surface area contributed by atoms with E-state index in [4.69, 9.17) is 5.73 Å². The Kier molecular flexibility index (Phi) is 3.23. The predicted molar refractivity (Wildman–Crippen MR) is 73.0 cm³/mol. The van der Waals surface area contributed by atoms with Gasteiger partial charge in [-0.2, -0.15) is 13.2 Å². The van der Waals surface area contributed by atoms with Crippen molar-refractivity contribution < 1.29 is 17.8 Å². The summed E-state index contributed by atoms with van der Waals surface area (Å²) in [4.78, 5) is 4.22. The van der Waals surface area contributed by atoms with Gasteiger partial charge >= 0.3 is 6.18 Å². The first-order valence-corrected chi connectivity index (χ1v) is 6.39. The van der Waals surface area contributed by atoms with Gasteiger partial charge in [-0.05, 0) is 34.9 Å². The van der Waals surface area contributed by atoms with Crippen LogP contribution in [0.25, 0.3) is 11.2 Å². The molecule has 114 valence electrons. The van der Waals surface area contributed by atoms with Crippen molar-refractivity contribution in [1.82, 2.24) is 15.3 Å². The van der Waals surface area contributed by atoms with E-state index in [2.05, 4.69) is 19.9 Å². The Hall–Kier alpha value is -2.64. The molecule has 2 heterocycles. The molecular weight excluding hydrogens is 297 g/mol. The van der Waals surface area contributed by atoms with Crippen molar-refractivity contribution in [2.24, 2.45) is 0 Å². The Labute approximate surface area is 122 Å². The number of aromatic nitrogens is 3. The maximum absolute atomic E-state index is 12.6. The van der Waals surface area contributed by atoms with Crippen LogP contribution in [0.4, 0.5) is 18.9 Å². The van der Waals surface area contributed by atoms with Crippen molar-refractivity contribution in [2.75, 3.05) is 5.73 Å². The lowest BCUT2D eigenvalue weighted by Crippen LogP contribution is -2.05. The lowest BCUT2D eigenvalue weighted by molar-refractivity contribution is -0.137. The van der Waals surface area contributed by atoms with Crippen molar-refractivity contribution in [3.63, 3.8) is 0 Å². The van der Waals surface area contributed by atoms with Crippen molar-refractivity contribution >= 4 is 16.9 Å². The van der Waals surface area contributed by atoms with Gasteiger partial charge in [0, 0.05) is 17.7 Å². The fourth-order valence-corrected chi connectivity index (χ4v) is 2.23. The summed E-state index contributed by atoms with van der Waals surface area (Å²) in [6, 6.07) is 4.94. The first-order valence-electron chi connectivity index (χ1n) is 6.39. The summed E-state index contributed by atoms with van der Waals surface area (Å²) < 4.78 is 42.3. The number of halogens is 3. The second-order valence-electron chi connectivity index (χ2n) is 4.90. The highest BCUT2D eigenvalue weighted by atomic mass is 19.4. The highest BCUT2D eigenvalue weighted by Gasteiger charge is 2.30. The van der Waals surface area contributed by atoms with E-state index in [1.807, 2.05) is 0 Å². The zero-order chi connectivity index (χ0) is 15.9. The summed E-state index contributed by atoms with van der Waals surface area (Å²) in [5, 5.41) is 7.31. The SMILES string of the molecule is Cc1nc2nonc2c(N)c1Cc1ccc(C(F)(F)F)cc1. The average Bonchev–Trinajstić information content (AvgIpc) is 2.91. The Morgan fingerprint density at radius 1 is 1.14 bits per heavy atom. The fourth-order valence-electron chi connectivity index (χ4n) is 2.23. The van der Waals surface area contributed by atoms with Gasteiger partial charge in [-0.15, -0.1) is 0 Å². The van der Waals surface area contributed by atoms with Crippen LogP contribution >= 0.6 is 0 Å². The molecule has 5 nitrogen and oxygen atoms in total. The summed E-state index contributed by atoms with van der Waals surface area (Å²) in [5.74, 6) is 0. The van der Waals surface area contributed by atoms with Gasteiger partial charge in [-0.1, -0.05) is 12.1 Å². The van der Waals surface area contributed by atoms with E-state index in [0.717, 1.165) is 12.1 Å². The first kappa shape index (κ1) is 14.3. The maximum atomic E-state index is 12.6. The van der Waals surface area contributed by atoms with E-state index in [0.29, 0.717) is 40.1 Å². The first-order chi connectivity index (χ1) is 10.4. The van der Waals surface area contributed by atoms with Gasteiger partial charge in [0.15, 0.2) is 5.52 Å². The predicted octanol–water partition coefficient (Wildman–Crippen LogP) is 3.12. The van der Waals surface area contributed by atoms with Gasteiger partial charge in [0.25, 0.3) is 0 Å². The number of hydrogen-bond acceptors (Lipinski definition) is 5. The summed E-state index contributed by atoms with van der Waals surface area (Å²) in [6.07, 6.45) is -3.99. The van der Waals surface area contributed by atoms with Crippen LogP contribution in [-0.4, -0.2) is 15.3 Å². The van der Waals surface area contributed by atoms with Crippen molar-refractivity contribution in [3.05, 3.63) is 46.6 Å². The Balaban J connectivity index is 1.96. The number of alkyl halides is 3. The molecule has 8 heteroatoms. The standard InChI is InChI=1S/C14H11F3N4O/c1-7-10(11(18)12-13(19-7)21-22-20-12)6-8-2-4-9(5-3-8)14(15,16)17/h2-5H,6,18H2,1H3. The Morgan fingerprint density at radius 3 is 2.45 bits per heavy atom. The molecule has 22 heavy (non-hydrogen) atoms. The Bertz CT molecular complexity index is 824.